The first kappa shape index (κ1) is 57.1. The molecule has 57 heavy (non-hydrogen) atoms. The first-order valence-corrected chi connectivity index (χ1v) is 24.4. The lowest BCUT2D eigenvalue weighted by atomic mass is 9.92. The molecule has 0 rings (SSSR count). The van der Waals surface area contributed by atoms with Crippen molar-refractivity contribution in [3.8, 4) is 0 Å². The molecule has 0 bridgehead atoms. The molecule has 8 heteroatoms. The molecule has 0 saturated heterocycles. The third kappa shape index (κ3) is 46.6. The first-order chi connectivity index (χ1) is 27.6. The molecule has 0 aliphatic rings. The topological polar surface area (TPSA) is 123 Å². The number of hydrogen-bond donors (Lipinski definition) is 2. The molecule has 0 unspecified atom stereocenters. The summed E-state index contributed by atoms with van der Waals surface area (Å²) in [6, 6.07) is 0. The summed E-state index contributed by atoms with van der Waals surface area (Å²) in [5, 5.41) is 8.29. The smallest absolute Gasteiger partial charge is 0.305 e. The molecular formula is C49H97N3O5. The van der Waals surface area contributed by atoms with Crippen molar-refractivity contribution in [1.29, 1.82) is 5.41 Å². The largest absolute Gasteiger partial charge is 0.466 e. The van der Waals surface area contributed by atoms with Crippen LogP contribution < -0.4 is 5.73 Å². The van der Waals surface area contributed by atoms with Crippen LogP contribution >= 0.6 is 0 Å². The monoisotopic (exact) mass is 808 g/mol. The summed E-state index contributed by atoms with van der Waals surface area (Å²) in [4.78, 5) is 36.6. The van der Waals surface area contributed by atoms with E-state index < -0.39 is 0 Å². The van der Waals surface area contributed by atoms with Gasteiger partial charge >= 0.3 is 11.9 Å². The number of hydrogen-bond acceptors (Lipinski definition) is 7. The zero-order chi connectivity index (χ0) is 42.6. The minimum absolute atomic E-state index is 0.0211. The maximum absolute atomic E-state index is 12.2. The van der Waals surface area contributed by atoms with Crippen LogP contribution in [0.3, 0.4) is 0 Å². The van der Waals surface area contributed by atoms with Crippen LogP contribution in [0.2, 0.25) is 0 Å². The number of primary amides is 1. The van der Waals surface area contributed by atoms with Crippen molar-refractivity contribution in [3.05, 3.63) is 0 Å². The lowest BCUT2D eigenvalue weighted by Gasteiger charge is -2.16. The Hall–Kier alpha value is -1.96. The number of amides is 1. The van der Waals surface area contributed by atoms with Crippen molar-refractivity contribution in [2.75, 3.05) is 33.9 Å². The highest BCUT2D eigenvalue weighted by Gasteiger charge is 2.12. The van der Waals surface area contributed by atoms with Crippen molar-refractivity contribution in [3.63, 3.8) is 0 Å². The predicted octanol–water partition coefficient (Wildman–Crippen LogP) is 13.7. The fourth-order valence-electron chi connectivity index (χ4n) is 7.39. The molecule has 0 aliphatic heterocycles. The van der Waals surface area contributed by atoms with E-state index in [1.807, 2.05) is 19.0 Å². The van der Waals surface area contributed by atoms with Gasteiger partial charge in [-0.25, -0.2) is 0 Å². The number of esters is 2. The Morgan fingerprint density at radius 3 is 1.11 bits per heavy atom. The fourth-order valence-corrected chi connectivity index (χ4v) is 7.39. The average molecular weight is 808 g/mol. The molecule has 0 saturated carbocycles. The van der Waals surface area contributed by atoms with E-state index in [4.69, 9.17) is 20.6 Å². The Bertz CT molecular complexity index is 833. The van der Waals surface area contributed by atoms with E-state index in [2.05, 4.69) is 27.7 Å². The molecule has 0 aliphatic carbocycles. The van der Waals surface area contributed by atoms with Crippen molar-refractivity contribution in [2.45, 2.75) is 246 Å². The number of nitrogens with two attached hydrogens (primary N) is 1. The van der Waals surface area contributed by atoms with Gasteiger partial charge in [-0.05, 0) is 90.3 Å². The summed E-state index contributed by atoms with van der Waals surface area (Å²) in [7, 11) is 3.95. The van der Waals surface area contributed by atoms with E-state index >= 15 is 0 Å². The van der Waals surface area contributed by atoms with Crippen molar-refractivity contribution < 1.29 is 23.9 Å². The van der Waals surface area contributed by atoms with Crippen LogP contribution in [-0.2, 0) is 23.9 Å². The van der Waals surface area contributed by atoms with Crippen LogP contribution in [0.4, 0.5) is 0 Å². The van der Waals surface area contributed by atoms with Gasteiger partial charge in [-0.1, -0.05) is 169 Å². The van der Waals surface area contributed by atoms with Crippen molar-refractivity contribution >= 4 is 23.6 Å². The van der Waals surface area contributed by atoms with Gasteiger partial charge in [0.05, 0.1) is 13.2 Å². The van der Waals surface area contributed by atoms with Crippen molar-refractivity contribution in [2.24, 2.45) is 17.6 Å². The van der Waals surface area contributed by atoms with E-state index in [-0.39, 0.29) is 17.8 Å². The summed E-state index contributed by atoms with van der Waals surface area (Å²) in [6.45, 7) is 11.2. The van der Waals surface area contributed by atoms with E-state index in [9.17, 15) is 14.4 Å². The maximum atomic E-state index is 12.2. The summed E-state index contributed by atoms with van der Waals surface area (Å²) in [6.07, 6.45) is 37.7. The van der Waals surface area contributed by atoms with Crippen LogP contribution in [0, 0.1) is 17.2 Å². The molecule has 3 N–H and O–H groups in total. The normalized spacial score (nSPS) is 11.2. The first-order valence-electron chi connectivity index (χ1n) is 24.4. The highest BCUT2D eigenvalue weighted by molar-refractivity contribution is 5.81. The van der Waals surface area contributed by atoms with Gasteiger partial charge in [0.2, 0.25) is 5.91 Å². The van der Waals surface area contributed by atoms with Gasteiger partial charge in [0, 0.05) is 25.0 Å². The Balaban J connectivity index is 0. The molecule has 0 spiro atoms. The number of rotatable bonds is 42. The lowest BCUT2D eigenvalue weighted by molar-refractivity contribution is -0.145. The molecule has 0 atom stereocenters. The lowest BCUT2D eigenvalue weighted by Crippen LogP contribution is -2.17. The molecule has 1 amide bonds. The predicted molar refractivity (Wildman–Crippen MR) is 244 cm³/mol. The van der Waals surface area contributed by atoms with Gasteiger partial charge in [-0.15, -0.1) is 0 Å². The van der Waals surface area contributed by atoms with Gasteiger partial charge in [0.1, 0.15) is 0 Å². The third-order valence-corrected chi connectivity index (χ3v) is 11.2. The molecule has 0 fully saturated rings. The number of carbonyl (C=O) groups excluding carboxylic acids is 3. The van der Waals surface area contributed by atoms with Crippen LogP contribution in [0.5, 0.6) is 0 Å². The highest BCUT2D eigenvalue weighted by atomic mass is 16.5. The summed E-state index contributed by atoms with van der Waals surface area (Å²) >= 11 is 0. The fraction of sp³-hybridized carbons (Fsp3) is 0.918. The van der Waals surface area contributed by atoms with Crippen LogP contribution in [0.25, 0.3) is 0 Å². The van der Waals surface area contributed by atoms with E-state index in [1.165, 1.54) is 103 Å². The molecule has 338 valence electrons. The Morgan fingerprint density at radius 1 is 0.456 bits per heavy atom. The SMILES string of the molecule is CCCCCC(CCCCC)CCOC(=O)CCCCCCCC(=N)CCCCCCCC(=O)OCCC(CCCCC)CCCCC.CN(C)CCCC(N)=O. The number of nitrogens with one attached hydrogen (secondary N) is 1. The summed E-state index contributed by atoms with van der Waals surface area (Å²) in [5.41, 5.74) is 5.80. The molecule has 0 aromatic carbocycles. The van der Waals surface area contributed by atoms with Crippen LogP contribution in [0.1, 0.15) is 246 Å². The second-order valence-electron chi connectivity index (χ2n) is 17.2. The third-order valence-electron chi connectivity index (χ3n) is 11.2. The molecule has 8 nitrogen and oxygen atoms in total. The van der Waals surface area contributed by atoms with E-state index in [0.717, 1.165) is 109 Å². The molecule has 0 heterocycles. The average Bonchev–Trinajstić information content (AvgIpc) is 3.17. The van der Waals surface area contributed by atoms with E-state index in [1.54, 1.807) is 0 Å². The summed E-state index contributed by atoms with van der Waals surface area (Å²) in [5.74, 6) is 1.17. The second kappa shape index (κ2) is 45.1. The zero-order valence-corrected chi connectivity index (χ0v) is 38.9. The zero-order valence-electron chi connectivity index (χ0n) is 38.9. The minimum atomic E-state index is -0.211. The number of carbonyl (C=O) groups is 3. The maximum Gasteiger partial charge on any atom is 0.305 e. The summed E-state index contributed by atoms with van der Waals surface area (Å²) < 4.78 is 11.2. The van der Waals surface area contributed by atoms with Gasteiger partial charge in [0.25, 0.3) is 0 Å². The molecular weight excluding hydrogens is 711 g/mol. The van der Waals surface area contributed by atoms with Gasteiger partial charge in [0.15, 0.2) is 0 Å². The Morgan fingerprint density at radius 2 is 0.789 bits per heavy atom. The molecule has 0 aromatic heterocycles. The minimum Gasteiger partial charge on any atom is -0.466 e. The van der Waals surface area contributed by atoms with Crippen LogP contribution in [0.15, 0.2) is 0 Å². The van der Waals surface area contributed by atoms with Gasteiger partial charge in [-0.2, -0.15) is 0 Å². The van der Waals surface area contributed by atoms with E-state index in [0.29, 0.717) is 44.3 Å². The van der Waals surface area contributed by atoms with Crippen molar-refractivity contribution in [1.82, 2.24) is 4.90 Å². The Kier molecular flexibility index (Phi) is 45.2. The Labute approximate surface area is 354 Å². The number of nitrogens with zero attached hydrogens (tertiary/aromatic N) is 1. The number of unbranched alkanes of at least 4 members (excludes halogenated alkanes) is 16. The van der Waals surface area contributed by atoms with Gasteiger partial charge < -0.3 is 25.5 Å². The van der Waals surface area contributed by atoms with Crippen LogP contribution in [-0.4, -0.2) is 62.3 Å². The standard InChI is InChI=1S/C43H83NO4.C6H14N2O/c1-5-9-19-27-39(28-20-10-6-2)35-37-47-42(45)33-25-17-13-15-23-31-41(44)32-24-16-14-18-26-34-43(46)48-38-36-40(29-21-11-7-3)30-22-12-8-4;1-8(2)5-3-4-6(7)9/h39-40,44H,5-38H2,1-4H3;3-5H2,1-2H3,(H2,7,9). The highest BCUT2D eigenvalue weighted by Crippen LogP contribution is 2.23. The molecule has 0 aromatic rings. The number of ether oxygens (including phenoxy) is 2. The molecule has 0 radical (unpaired) electrons. The van der Waals surface area contributed by atoms with Gasteiger partial charge in [-0.3, -0.25) is 14.4 Å². The second-order valence-corrected chi connectivity index (χ2v) is 17.2. The quantitative estimate of drug-likeness (QED) is 0.0360.